The second-order valence-electron chi connectivity index (χ2n) is 20.4. The molecule has 7 N–H and O–H groups in total. The van der Waals surface area contributed by atoms with Gasteiger partial charge in [0, 0.05) is 17.7 Å². The zero-order valence-corrected chi connectivity index (χ0v) is 45.5. The zero-order chi connectivity index (χ0) is 54.3. The van der Waals surface area contributed by atoms with E-state index in [0.717, 1.165) is 44.7 Å². The number of halogens is 1. The van der Waals surface area contributed by atoms with E-state index in [-0.39, 0.29) is 50.8 Å². The van der Waals surface area contributed by atoms with Gasteiger partial charge in [-0.2, -0.15) is 0 Å². The van der Waals surface area contributed by atoms with Gasteiger partial charge < -0.3 is 24.3 Å². The molecule has 18 heteroatoms. The average molecular weight is 1050 g/mol. The van der Waals surface area contributed by atoms with Crippen LogP contribution in [0.5, 0.6) is 11.5 Å². The van der Waals surface area contributed by atoms with E-state index in [9.17, 15) is 23.4 Å². The van der Waals surface area contributed by atoms with Crippen LogP contribution in [0.1, 0.15) is 99.0 Å². The molecule has 0 aromatic heterocycles. The first kappa shape index (κ1) is 59.3. The molecule has 0 aliphatic carbocycles. The summed E-state index contributed by atoms with van der Waals surface area (Å²) in [6.45, 7) is 14.7. The number of rotatable bonds is 28. The molecular weight excluding hydrogens is 971 g/mol. The van der Waals surface area contributed by atoms with Crippen molar-refractivity contribution in [2.75, 3.05) is 32.9 Å². The fraction of sp³-hybridized carbons (Fsp3) is 0.456. The number of benzene rings is 5. The third-order valence-corrected chi connectivity index (χ3v) is 12.3. The third kappa shape index (κ3) is 20.6. The molecule has 0 bridgehead atoms. The molecule has 0 saturated heterocycles. The number of nitrogens with one attached hydrogen (secondary N) is 5. The Morgan fingerprint density at radius 2 is 1.29 bits per heavy atom. The van der Waals surface area contributed by atoms with E-state index in [0.29, 0.717) is 49.9 Å². The number of unbranched alkanes of at least 4 members (excludes halogenated alkanes) is 1. The van der Waals surface area contributed by atoms with Gasteiger partial charge in [-0.1, -0.05) is 119 Å². The van der Waals surface area contributed by atoms with Gasteiger partial charge in [0.1, 0.15) is 17.1 Å². The number of fused-ring (bicyclic) bond motifs is 2. The molecule has 5 rings (SSSR count). The molecule has 4 atom stereocenters. The summed E-state index contributed by atoms with van der Waals surface area (Å²) in [5.41, 5.74) is 7.69. The second-order valence-corrected chi connectivity index (χ2v) is 21.3. The summed E-state index contributed by atoms with van der Waals surface area (Å²) in [4.78, 5) is 59.6. The average Bonchev–Trinajstić information content (AvgIpc) is 3.35. The van der Waals surface area contributed by atoms with Crippen LogP contribution in [0.4, 0.5) is 8.99 Å². The molecule has 0 aliphatic rings. The minimum atomic E-state index is -2.53. The third-order valence-electron chi connectivity index (χ3n) is 11.9. The van der Waals surface area contributed by atoms with Crippen molar-refractivity contribution in [1.29, 1.82) is 0 Å². The van der Waals surface area contributed by atoms with Crippen LogP contribution in [0.15, 0.2) is 108 Å². The summed E-state index contributed by atoms with van der Waals surface area (Å²) in [5.74, 6) is -0.0654. The number of guanidine groups is 1. The van der Waals surface area contributed by atoms with E-state index in [1.807, 2.05) is 117 Å². The summed E-state index contributed by atoms with van der Waals surface area (Å²) < 4.78 is 37.8. The zero-order valence-electron chi connectivity index (χ0n) is 44.6. The van der Waals surface area contributed by atoms with Gasteiger partial charge in [0.25, 0.3) is 5.91 Å². The number of alkyl carbamates (subject to hydrolysis) is 1. The minimum absolute atomic E-state index is 0.0977. The number of carbonyl (C=O) groups is 4. The van der Waals surface area contributed by atoms with Crippen LogP contribution < -0.4 is 41.6 Å². The predicted octanol–water partition coefficient (Wildman–Crippen LogP) is 9.93. The first-order valence-corrected chi connectivity index (χ1v) is 27.2. The van der Waals surface area contributed by atoms with Crippen molar-refractivity contribution < 1.29 is 42.3 Å². The molecule has 75 heavy (non-hydrogen) atoms. The van der Waals surface area contributed by atoms with E-state index >= 15 is 0 Å². The maximum absolute atomic E-state index is 14.5. The summed E-state index contributed by atoms with van der Waals surface area (Å²) in [6, 6.07) is 30.9. The van der Waals surface area contributed by atoms with Crippen LogP contribution in [-0.4, -0.2) is 93.4 Å². The van der Waals surface area contributed by atoms with Crippen molar-refractivity contribution >= 4 is 66.0 Å². The van der Waals surface area contributed by atoms with Gasteiger partial charge in [-0.25, -0.2) is 4.79 Å². The number of ether oxygens (including phenoxy) is 4. The van der Waals surface area contributed by atoms with E-state index in [1.54, 1.807) is 20.8 Å². The van der Waals surface area contributed by atoms with E-state index in [1.165, 1.54) is 0 Å². The van der Waals surface area contributed by atoms with Crippen LogP contribution in [-0.2, 0) is 30.5 Å². The standard InChI is InChI=1S/C57H76BFN7O8P/c1-38(2)30-33-72-48-28-26-41-20-11-13-22-44(41)51(48)52-45-23-14-12-21-42(45)27-29-49(52)73-37-50(67)64-46(24-15-16-31-62-56(70)74-57(5,6)7)54(69)65-47(25-17-32-61-55(60)66-75(58)59)53(68)63-43(34-39(3)4)36-71-35-40-18-9-8-10-19-40/h8-14,18-23,26-29,38-39,43,46-47H,15-17,24-25,30-37H2,1-7H3,(H,62,70)(H,63,68)(H,64,67)(H,65,69)(H3,60,61,66)/t43-,46+,47+/m0/s1. The van der Waals surface area contributed by atoms with Crippen molar-refractivity contribution in [3.63, 3.8) is 0 Å². The van der Waals surface area contributed by atoms with Crippen molar-refractivity contribution in [2.24, 2.45) is 22.6 Å². The van der Waals surface area contributed by atoms with Gasteiger partial charge in [0.05, 0.1) is 13.2 Å². The summed E-state index contributed by atoms with van der Waals surface area (Å²) in [5, 5.41) is 17.7. The Balaban J connectivity index is 1.40. The van der Waals surface area contributed by atoms with E-state index in [2.05, 4.69) is 45.2 Å². The first-order valence-electron chi connectivity index (χ1n) is 25.9. The Kier molecular flexibility index (Phi) is 23.8. The summed E-state index contributed by atoms with van der Waals surface area (Å²) in [7, 11) is 2.70. The quantitative estimate of drug-likeness (QED) is 0.00920. The van der Waals surface area contributed by atoms with Gasteiger partial charge in [-0.05, 0) is 91.1 Å². The van der Waals surface area contributed by atoms with E-state index in [4.69, 9.17) is 31.7 Å². The van der Waals surface area contributed by atoms with Crippen molar-refractivity contribution in [1.82, 2.24) is 26.4 Å². The molecule has 0 spiro atoms. The van der Waals surface area contributed by atoms with E-state index < -0.39 is 61.8 Å². The molecule has 0 radical (unpaired) electrons. The first-order chi connectivity index (χ1) is 35.9. The topological polar surface area (TPSA) is 204 Å². The van der Waals surface area contributed by atoms with Crippen LogP contribution in [0, 0.1) is 11.8 Å². The van der Waals surface area contributed by atoms with Crippen molar-refractivity contribution in [3.05, 3.63) is 109 Å². The molecule has 5 aromatic carbocycles. The number of nitrogens with two attached hydrogens (primary N) is 1. The number of hydrogen-bond donors (Lipinski definition) is 6. The van der Waals surface area contributed by atoms with Gasteiger partial charge in [-0.15, -0.1) is 0 Å². The molecular formula is C57H76BFN7O8P. The molecule has 0 fully saturated rings. The predicted molar refractivity (Wildman–Crippen MR) is 299 cm³/mol. The monoisotopic (exact) mass is 1050 g/mol. The SMILES string of the molecule is B#P(F)NC(N)=NCCC[C@@H](NC(=O)[C@@H](CCCCNC(=O)OC(C)(C)C)NC(=O)COc1ccc2ccccc2c1-c1c(OCCC(C)C)ccc2ccccc12)C(=O)N[C@H](COCc1ccccc1)CC(C)C. The number of carbonyl (C=O) groups excluding carboxylic acids is 4. The Labute approximate surface area is 443 Å². The Morgan fingerprint density at radius 1 is 0.707 bits per heavy atom. The second kappa shape index (κ2) is 30.1. The molecule has 0 heterocycles. The van der Waals surface area contributed by atoms with Crippen LogP contribution in [0.2, 0.25) is 0 Å². The smallest absolute Gasteiger partial charge is 0.375 e. The number of amides is 4. The molecule has 1 unspecified atom stereocenters. The Morgan fingerprint density at radius 3 is 1.91 bits per heavy atom. The molecule has 0 saturated carbocycles. The fourth-order valence-electron chi connectivity index (χ4n) is 8.40. The Bertz CT molecular complexity index is 2770. The number of hydrogen-bond acceptors (Lipinski definition) is 9. The van der Waals surface area contributed by atoms with Gasteiger partial charge in [0.2, 0.25) is 0 Å². The molecule has 402 valence electrons. The molecule has 15 nitrogen and oxygen atoms in total. The normalized spacial score (nSPS) is 13.2. The summed E-state index contributed by atoms with van der Waals surface area (Å²) >= 11 is 0. The maximum atomic E-state index is 14.5. The van der Waals surface area contributed by atoms with Crippen LogP contribution >= 0.6 is 7.70 Å². The molecule has 5 aromatic rings. The van der Waals surface area contributed by atoms with Crippen LogP contribution in [0.25, 0.3) is 32.7 Å². The number of nitrogens with zero attached hydrogens (tertiary/aromatic N) is 1. The number of aliphatic imine (C=N–C) groups is 1. The van der Waals surface area contributed by atoms with Gasteiger partial charge >= 0.3 is 141 Å². The minimum Gasteiger partial charge on any atom is -0.375 e. The van der Waals surface area contributed by atoms with Gasteiger partial charge in [-0.3, -0.25) is 4.79 Å². The Hall–Kier alpha value is -6.58. The summed E-state index contributed by atoms with van der Waals surface area (Å²) in [6.07, 6.45) is 2.27. The van der Waals surface area contributed by atoms with Gasteiger partial charge in [0.15, 0.2) is 6.61 Å². The molecule has 0 aliphatic heterocycles. The fourth-order valence-corrected chi connectivity index (χ4v) is 8.69. The van der Waals surface area contributed by atoms with Crippen molar-refractivity contribution in [2.45, 2.75) is 124 Å². The molecule has 4 amide bonds. The van der Waals surface area contributed by atoms with Crippen LogP contribution in [0.3, 0.4) is 0 Å². The van der Waals surface area contributed by atoms with Crippen molar-refractivity contribution in [3.8, 4) is 22.6 Å².